The second-order valence-electron chi connectivity index (χ2n) is 10.4. The van der Waals surface area contributed by atoms with Gasteiger partial charge in [-0.25, -0.2) is 27.1 Å². The number of rotatable bonds is 9. The lowest BCUT2D eigenvalue weighted by molar-refractivity contribution is 0.0912. The van der Waals surface area contributed by atoms with Crippen molar-refractivity contribution in [2.45, 2.75) is 50.6 Å². The van der Waals surface area contributed by atoms with E-state index in [1.54, 1.807) is 7.05 Å². The molecular formula is C26H36ClFN6O4S. The Labute approximate surface area is 234 Å². The number of benzene rings is 1. The van der Waals surface area contributed by atoms with Crippen LogP contribution >= 0.6 is 11.6 Å². The molecule has 10 nitrogen and oxygen atoms in total. The number of anilines is 2. The lowest BCUT2D eigenvalue weighted by atomic mass is 9.97. The van der Waals surface area contributed by atoms with Gasteiger partial charge in [-0.3, -0.25) is 4.79 Å². The van der Waals surface area contributed by atoms with E-state index in [2.05, 4.69) is 25.5 Å². The number of methoxy groups -OCH3 is 1. The summed E-state index contributed by atoms with van der Waals surface area (Å²) < 4.78 is 46.2. The number of ether oxygens (including phenoxy) is 1. The van der Waals surface area contributed by atoms with E-state index >= 15 is 4.39 Å². The number of carbonyl (C=O) groups excluding carboxylic acids is 1. The molecule has 1 aliphatic carbocycles. The average Bonchev–Trinajstić information content (AvgIpc) is 3.34. The van der Waals surface area contributed by atoms with Crippen LogP contribution in [0.3, 0.4) is 0 Å². The third-order valence-corrected chi connectivity index (χ3v) is 9.35. The van der Waals surface area contributed by atoms with Crippen molar-refractivity contribution in [3.63, 3.8) is 0 Å². The van der Waals surface area contributed by atoms with Gasteiger partial charge in [0.15, 0.2) is 0 Å². The third kappa shape index (κ3) is 7.16. The molecule has 2 fully saturated rings. The highest BCUT2D eigenvalue weighted by atomic mass is 35.5. The van der Waals surface area contributed by atoms with Gasteiger partial charge in [0.25, 0.3) is 5.91 Å². The van der Waals surface area contributed by atoms with Gasteiger partial charge >= 0.3 is 0 Å². The predicted molar refractivity (Wildman–Crippen MR) is 149 cm³/mol. The number of halogens is 2. The smallest absolute Gasteiger partial charge is 0.254 e. The zero-order valence-corrected chi connectivity index (χ0v) is 24.3. The summed E-state index contributed by atoms with van der Waals surface area (Å²) >= 11 is 6.41. The van der Waals surface area contributed by atoms with Crippen LogP contribution in [-0.2, 0) is 16.4 Å². The summed E-state index contributed by atoms with van der Waals surface area (Å²) in [6.07, 6.45) is 7.30. The molecule has 2 N–H and O–H groups in total. The van der Waals surface area contributed by atoms with Crippen molar-refractivity contribution in [2.75, 3.05) is 45.9 Å². The van der Waals surface area contributed by atoms with E-state index in [4.69, 9.17) is 16.3 Å². The molecule has 0 radical (unpaired) electrons. The van der Waals surface area contributed by atoms with Crippen LogP contribution in [0, 0.1) is 11.7 Å². The molecule has 0 spiro atoms. The molecule has 2 aromatic rings. The minimum atomic E-state index is -3.33. The number of amides is 1. The normalized spacial score (nSPS) is 20.8. The van der Waals surface area contributed by atoms with Crippen LogP contribution in [0.25, 0.3) is 0 Å². The maximum absolute atomic E-state index is 15.1. The molecule has 2 aliphatic rings. The minimum Gasteiger partial charge on any atom is -0.495 e. The van der Waals surface area contributed by atoms with E-state index in [-0.39, 0.29) is 41.0 Å². The quantitative estimate of drug-likeness (QED) is 0.462. The van der Waals surface area contributed by atoms with E-state index in [0.717, 1.165) is 45.2 Å². The summed E-state index contributed by atoms with van der Waals surface area (Å²) in [5, 5.41) is 6.27. The Bertz CT molecular complexity index is 1310. The zero-order valence-electron chi connectivity index (χ0n) is 22.7. The first-order valence-corrected chi connectivity index (χ1v) is 15.3. The van der Waals surface area contributed by atoms with Gasteiger partial charge in [0.1, 0.15) is 11.6 Å². The second kappa shape index (κ2) is 12.3. The molecular weight excluding hydrogens is 547 g/mol. The van der Waals surface area contributed by atoms with Crippen LogP contribution in [0.1, 0.15) is 48.2 Å². The molecule has 0 unspecified atom stereocenters. The van der Waals surface area contributed by atoms with Crippen LogP contribution in [0.4, 0.5) is 16.0 Å². The first-order valence-electron chi connectivity index (χ1n) is 13.0. The van der Waals surface area contributed by atoms with Gasteiger partial charge in [-0.05, 0) is 64.2 Å². The number of carbonyl (C=O) groups is 1. The molecule has 2 heterocycles. The van der Waals surface area contributed by atoms with Gasteiger partial charge in [0.2, 0.25) is 16.0 Å². The Balaban J connectivity index is 1.50. The number of hydrogen-bond acceptors (Lipinski definition) is 8. The molecule has 1 aromatic carbocycles. The Morgan fingerprint density at radius 1 is 1.26 bits per heavy atom. The SMILES string of the molecule is COc1cc(C(=O)NC2CCN(C)CC2)c(F)cc1Nc1ncc(Cl)c(C[C@@H]2CCC[C@H]2N(C)S(C)(=O)=O)n1. The van der Waals surface area contributed by atoms with Crippen molar-refractivity contribution < 1.29 is 22.3 Å². The molecule has 4 rings (SSSR count). The van der Waals surface area contributed by atoms with Crippen molar-refractivity contribution in [1.82, 2.24) is 24.5 Å². The number of piperidine rings is 1. The highest BCUT2D eigenvalue weighted by molar-refractivity contribution is 7.88. The highest BCUT2D eigenvalue weighted by Gasteiger charge is 2.35. The monoisotopic (exact) mass is 582 g/mol. The molecule has 39 heavy (non-hydrogen) atoms. The van der Waals surface area contributed by atoms with Crippen molar-refractivity contribution >= 4 is 39.2 Å². The standard InChI is InChI=1S/C26H36ClFN6O4S/c1-33-10-8-17(9-11-33)30-25(35)18-13-24(38-3)22(14-20(18)28)32-26-29-15-19(27)21(31-26)12-16-6-5-7-23(16)34(2)39(4,36)37/h13-17,23H,5-12H2,1-4H3,(H,30,35)(H,29,31,32)/t16-,23+/m0/s1. The van der Waals surface area contributed by atoms with Crippen LogP contribution in [0.2, 0.25) is 5.02 Å². The van der Waals surface area contributed by atoms with Crippen LogP contribution in [0.15, 0.2) is 18.3 Å². The lowest BCUT2D eigenvalue weighted by Gasteiger charge is -2.29. The molecule has 2 atom stereocenters. The largest absolute Gasteiger partial charge is 0.495 e. The number of nitrogens with one attached hydrogen (secondary N) is 2. The van der Waals surface area contributed by atoms with Crippen LogP contribution in [-0.4, -0.2) is 86.1 Å². The van der Waals surface area contributed by atoms with E-state index in [1.165, 1.54) is 36.0 Å². The van der Waals surface area contributed by atoms with E-state index < -0.39 is 21.7 Å². The summed E-state index contributed by atoms with van der Waals surface area (Å²) in [6, 6.07) is 2.41. The molecule has 0 bridgehead atoms. The maximum atomic E-state index is 15.1. The number of sulfonamides is 1. The van der Waals surface area contributed by atoms with E-state index in [0.29, 0.717) is 17.1 Å². The summed E-state index contributed by atoms with van der Waals surface area (Å²) in [4.78, 5) is 23.8. The van der Waals surface area contributed by atoms with E-state index in [1.807, 2.05) is 7.05 Å². The van der Waals surface area contributed by atoms with Gasteiger partial charge in [0.05, 0.1) is 41.5 Å². The zero-order chi connectivity index (χ0) is 28.3. The van der Waals surface area contributed by atoms with Gasteiger partial charge in [0, 0.05) is 25.2 Å². The molecule has 13 heteroatoms. The fraction of sp³-hybridized carbons (Fsp3) is 0.577. The lowest BCUT2D eigenvalue weighted by Crippen LogP contribution is -2.43. The fourth-order valence-electron chi connectivity index (χ4n) is 5.36. The van der Waals surface area contributed by atoms with Gasteiger partial charge in [-0.2, -0.15) is 0 Å². The first-order chi connectivity index (χ1) is 18.5. The third-order valence-electron chi connectivity index (χ3n) is 7.72. The minimum absolute atomic E-state index is 0.00512. The number of nitrogens with zero attached hydrogens (tertiary/aromatic N) is 4. The molecule has 1 saturated carbocycles. The summed E-state index contributed by atoms with van der Waals surface area (Å²) in [6.45, 7) is 1.75. The highest BCUT2D eigenvalue weighted by Crippen LogP contribution is 2.35. The molecule has 1 aliphatic heterocycles. The van der Waals surface area contributed by atoms with Crippen LogP contribution < -0.4 is 15.4 Å². The second-order valence-corrected chi connectivity index (χ2v) is 12.9. The van der Waals surface area contributed by atoms with Gasteiger partial charge in [-0.15, -0.1) is 0 Å². The Morgan fingerprint density at radius 2 is 1.97 bits per heavy atom. The van der Waals surface area contributed by atoms with Gasteiger partial charge in [-0.1, -0.05) is 18.0 Å². The Hall–Kier alpha value is -2.54. The Morgan fingerprint density at radius 3 is 2.64 bits per heavy atom. The topological polar surface area (TPSA) is 117 Å². The molecule has 1 amide bonds. The summed E-state index contributed by atoms with van der Waals surface area (Å²) in [7, 11) is 1.74. The fourth-order valence-corrected chi connectivity index (χ4v) is 6.30. The van der Waals surface area contributed by atoms with Crippen molar-refractivity contribution in [3.8, 4) is 5.75 Å². The van der Waals surface area contributed by atoms with Crippen LogP contribution in [0.5, 0.6) is 5.75 Å². The molecule has 1 saturated heterocycles. The van der Waals surface area contributed by atoms with Crippen molar-refractivity contribution in [3.05, 3.63) is 40.4 Å². The number of likely N-dealkylation sites (tertiary alicyclic amines) is 1. The first kappa shape index (κ1) is 29.4. The molecule has 1 aromatic heterocycles. The maximum Gasteiger partial charge on any atom is 0.254 e. The number of aromatic nitrogens is 2. The van der Waals surface area contributed by atoms with Crippen molar-refractivity contribution in [1.29, 1.82) is 0 Å². The number of hydrogen-bond donors (Lipinski definition) is 2. The molecule has 214 valence electrons. The van der Waals surface area contributed by atoms with Crippen molar-refractivity contribution in [2.24, 2.45) is 5.92 Å². The predicted octanol–water partition coefficient (Wildman–Crippen LogP) is 3.45. The Kier molecular flexibility index (Phi) is 9.30. The summed E-state index contributed by atoms with van der Waals surface area (Å²) in [5.74, 6) is -0.686. The average molecular weight is 583 g/mol. The summed E-state index contributed by atoms with van der Waals surface area (Å²) in [5.41, 5.74) is 0.729. The van der Waals surface area contributed by atoms with E-state index in [9.17, 15) is 13.2 Å². The van der Waals surface area contributed by atoms with Gasteiger partial charge < -0.3 is 20.3 Å².